The van der Waals surface area contributed by atoms with Gasteiger partial charge in [0.25, 0.3) is 11.5 Å². The molecular weight excluding hydrogens is 588 g/mol. The van der Waals surface area contributed by atoms with Crippen LogP contribution in [-0.4, -0.2) is 132 Å². The minimum Gasteiger partial charge on any atom is -0.480 e. The fraction of sp³-hybridized carbons (Fsp3) is 0.375. The van der Waals surface area contributed by atoms with E-state index in [1.165, 1.54) is 11.1 Å². The number of aromatic nitrogens is 4. The van der Waals surface area contributed by atoms with Crippen molar-refractivity contribution in [3.8, 4) is 0 Å². The van der Waals surface area contributed by atoms with E-state index in [1.807, 2.05) is 35.3 Å². The number of nitrogen functional groups attached to an aromatic ring is 1. The number of amides is 2. The predicted molar refractivity (Wildman–Crippen MR) is 190 cm³/mol. The van der Waals surface area contributed by atoms with Crippen LogP contribution in [0.4, 0.5) is 11.6 Å². The zero-order chi connectivity index (χ0) is 33.4. The van der Waals surface area contributed by atoms with Crippen LogP contribution < -0.4 is 22.3 Å². The van der Waals surface area contributed by atoms with Crippen LogP contribution in [-0.2, 0) is 16.1 Å². The van der Waals surface area contributed by atoms with Gasteiger partial charge in [-0.15, -0.1) is 10.7 Å². The number of hydrogen-bond acceptors (Lipinski definition) is 9. The van der Waals surface area contributed by atoms with Gasteiger partial charge < -0.3 is 26.8 Å². The molecule has 3 atom stereocenters. The smallest absolute Gasteiger partial charge is 0.326 e. The fourth-order valence-corrected chi connectivity index (χ4v) is 5.65. The van der Waals surface area contributed by atoms with Crippen LogP contribution in [0.1, 0.15) is 41.7 Å². The Morgan fingerprint density at radius 2 is 1.83 bits per heavy atom. The molecule has 13 nitrogen and oxygen atoms in total. The van der Waals surface area contributed by atoms with Crippen LogP contribution in [0, 0.1) is 0 Å². The molecule has 47 heavy (non-hydrogen) atoms. The van der Waals surface area contributed by atoms with Gasteiger partial charge in [-0.2, -0.15) is 4.98 Å². The number of carboxylic acid groups (broad SMARTS) is 1. The summed E-state index contributed by atoms with van der Waals surface area (Å²) in [4.78, 5) is 66.1. The lowest BCUT2D eigenvalue weighted by atomic mass is 8.89. The molecule has 2 unspecified atom stereocenters. The number of aromatic amines is 1. The first-order valence-corrected chi connectivity index (χ1v) is 15.2. The SMILES string of the molecule is NC(=O)CC[C@@H](C(=O)O)N(CCCC12[B][B][B][B][B][B][B]C([B][B]1)[B]2)C(=O)c1ccc(NCc2cnc3nc(N)[nH]c(=O)c3n2)cc1. The summed E-state index contributed by atoms with van der Waals surface area (Å²) in [6.45, 7) is 0.392. The molecule has 10 radical (unpaired) electrons. The minimum absolute atomic E-state index is 0.0482. The molecule has 3 aromatic rings. The van der Waals surface area contributed by atoms with E-state index < -0.39 is 29.4 Å². The van der Waals surface area contributed by atoms with Crippen molar-refractivity contribution in [2.45, 2.75) is 49.0 Å². The summed E-state index contributed by atoms with van der Waals surface area (Å²) in [5.41, 5.74) is 12.2. The molecule has 222 valence electrons. The van der Waals surface area contributed by atoms with Gasteiger partial charge in [-0.1, -0.05) is 6.42 Å². The highest BCUT2D eigenvalue weighted by Gasteiger charge is 2.40. The fourth-order valence-electron chi connectivity index (χ4n) is 5.65. The summed E-state index contributed by atoms with van der Waals surface area (Å²) in [6, 6.07) is 5.35. The van der Waals surface area contributed by atoms with Crippen LogP contribution in [0.15, 0.2) is 35.3 Å². The first-order valence-electron chi connectivity index (χ1n) is 15.2. The summed E-state index contributed by atoms with van der Waals surface area (Å²) in [5.74, 6) is -2.36. The molecule has 2 amide bonds. The number of rotatable bonds is 13. The third-order valence-electron chi connectivity index (χ3n) is 8.00. The van der Waals surface area contributed by atoms with Crippen LogP contribution in [0.5, 0.6) is 0 Å². The molecule has 2 aliphatic heterocycles. The number of carbonyl (C=O) groups excluding carboxylic acids is 2. The number of fused-ring (bicyclic) bond motifs is 3. The molecule has 7 N–H and O–H groups in total. The second-order valence-corrected chi connectivity index (χ2v) is 11.4. The van der Waals surface area contributed by atoms with Crippen LogP contribution in [0.2, 0.25) is 10.7 Å². The van der Waals surface area contributed by atoms with Crippen molar-refractivity contribution in [1.82, 2.24) is 24.8 Å². The van der Waals surface area contributed by atoms with Crippen molar-refractivity contribution < 1.29 is 19.5 Å². The molecule has 2 aromatic heterocycles. The van der Waals surface area contributed by atoms with E-state index in [0.29, 0.717) is 24.2 Å². The molecule has 4 heterocycles. The van der Waals surface area contributed by atoms with Gasteiger partial charge in [-0.3, -0.25) is 19.4 Å². The maximum absolute atomic E-state index is 13.8. The maximum atomic E-state index is 13.8. The van der Waals surface area contributed by atoms with Crippen molar-refractivity contribution in [2.24, 2.45) is 5.73 Å². The molecule has 0 saturated carbocycles. The first-order chi connectivity index (χ1) is 22.6. The van der Waals surface area contributed by atoms with E-state index in [4.69, 9.17) is 11.5 Å². The van der Waals surface area contributed by atoms with E-state index in [0.717, 1.165) is 0 Å². The number of nitrogens with one attached hydrogen (secondary N) is 2. The molecule has 2 fully saturated rings. The number of carbonyl (C=O) groups is 3. The Bertz CT molecular complexity index is 1660. The van der Waals surface area contributed by atoms with Crippen LogP contribution in [0.25, 0.3) is 11.2 Å². The van der Waals surface area contributed by atoms with E-state index >= 15 is 0 Å². The molecule has 5 rings (SSSR count). The van der Waals surface area contributed by atoms with Gasteiger partial charge >= 0.3 is 5.97 Å². The normalized spacial score (nSPS) is 18.7. The summed E-state index contributed by atoms with van der Waals surface area (Å²) in [5, 5.41) is 12.9. The highest BCUT2D eigenvalue weighted by molar-refractivity contribution is 7.64. The number of hydrogen-bond donors (Lipinski definition) is 5. The highest BCUT2D eigenvalue weighted by Crippen LogP contribution is 2.37. The predicted octanol–water partition coefficient (Wildman–Crippen LogP) is -2.90. The Morgan fingerprint density at radius 3 is 2.60 bits per heavy atom. The number of carboxylic acids is 1. The van der Waals surface area contributed by atoms with Crippen molar-refractivity contribution in [3.05, 3.63) is 52.1 Å². The number of aliphatic carboxylic acids is 1. The lowest BCUT2D eigenvalue weighted by Crippen LogP contribution is -2.46. The Hall–Kier alpha value is -3.90. The molecule has 2 aliphatic rings. The van der Waals surface area contributed by atoms with Gasteiger partial charge in [0, 0.05) is 81.0 Å². The lowest BCUT2D eigenvalue weighted by molar-refractivity contribution is -0.142. The second-order valence-electron chi connectivity index (χ2n) is 11.4. The molecule has 2 bridgehead atoms. The molecule has 0 spiro atoms. The average molecular weight is 615 g/mol. The maximum Gasteiger partial charge on any atom is 0.326 e. The van der Waals surface area contributed by atoms with Crippen molar-refractivity contribution in [2.75, 3.05) is 17.6 Å². The second kappa shape index (κ2) is 15.8. The van der Waals surface area contributed by atoms with Gasteiger partial charge in [-0.05, 0) is 37.1 Å². The first kappa shape index (κ1) is 34.4. The van der Waals surface area contributed by atoms with Gasteiger partial charge in [0.05, 0.1) is 32.9 Å². The minimum atomic E-state index is -1.23. The Labute approximate surface area is 280 Å². The van der Waals surface area contributed by atoms with E-state index in [2.05, 4.69) is 61.2 Å². The average Bonchev–Trinajstić information content (AvgIpc) is 3.43. The molecule has 2 saturated heterocycles. The van der Waals surface area contributed by atoms with Crippen LogP contribution >= 0.6 is 0 Å². The monoisotopic (exact) mass is 616 g/mol. The van der Waals surface area contributed by atoms with Gasteiger partial charge in [-0.25, -0.2) is 14.8 Å². The van der Waals surface area contributed by atoms with E-state index in [1.54, 1.807) is 24.3 Å². The number of anilines is 2. The summed E-state index contributed by atoms with van der Waals surface area (Å²) >= 11 is 0. The summed E-state index contributed by atoms with van der Waals surface area (Å²) in [7, 11) is 20.6. The standard InChI is InChI=1S/C24H26B10N8O5/c35-16(43)7-6-15(21(46)47)42(9-1-8-24-25-22(26-28-24)27-30-32-34-33-31-29-24)20(45)12-2-4-13(5-3-12)37-10-14-11-38-18-17(39-14)19(44)41-23(36)40-18/h2-5,11,15,22,37H,1,6-10H2,(H2,35,43)(H,46,47)(H3,36,38,40,41,44)/t15-,22?,24?/m0/s1. The number of nitrogens with zero attached hydrogens (tertiary/aromatic N) is 4. The third-order valence-corrected chi connectivity index (χ3v) is 8.00. The quantitative estimate of drug-likeness (QED) is 0.124. The molecule has 0 aliphatic carbocycles. The van der Waals surface area contributed by atoms with Crippen LogP contribution in [0.3, 0.4) is 0 Å². The number of benzene rings is 1. The van der Waals surface area contributed by atoms with Crippen molar-refractivity contribution >= 4 is 112 Å². The summed E-state index contributed by atoms with van der Waals surface area (Å²) < 4.78 is 0. The summed E-state index contributed by atoms with van der Waals surface area (Å²) in [6.07, 6.45) is 2.39. The number of nitrogens with two attached hydrogens (primary N) is 2. The Morgan fingerprint density at radius 1 is 1.06 bits per heavy atom. The highest BCUT2D eigenvalue weighted by atomic mass is 16.4. The third kappa shape index (κ3) is 9.13. The van der Waals surface area contributed by atoms with Crippen molar-refractivity contribution in [1.29, 1.82) is 0 Å². The Kier molecular flexibility index (Phi) is 11.6. The Balaban J connectivity index is 1.27. The lowest BCUT2D eigenvalue weighted by Gasteiger charge is -2.34. The van der Waals surface area contributed by atoms with E-state index in [-0.39, 0.29) is 59.3 Å². The number of H-pyrrole nitrogens is 1. The van der Waals surface area contributed by atoms with Gasteiger partial charge in [0.15, 0.2) is 11.2 Å². The molecule has 1 aromatic carbocycles. The van der Waals surface area contributed by atoms with Gasteiger partial charge in [0.2, 0.25) is 11.9 Å². The molecule has 23 heteroatoms. The topological polar surface area (TPSA) is 210 Å². The van der Waals surface area contributed by atoms with Gasteiger partial charge in [0.1, 0.15) is 6.04 Å². The zero-order valence-corrected chi connectivity index (χ0v) is 25.6. The zero-order valence-electron chi connectivity index (χ0n) is 25.6. The van der Waals surface area contributed by atoms with E-state index in [9.17, 15) is 24.3 Å². The van der Waals surface area contributed by atoms with Crippen molar-refractivity contribution in [3.63, 3.8) is 0 Å². The number of primary amides is 1. The largest absolute Gasteiger partial charge is 0.480 e. The molecular formula is C24H26B10N8O5.